The van der Waals surface area contributed by atoms with Crippen LogP contribution in [0.3, 0.4) is 0 Å². The van der Waals surface area contributed by atoms with Crippen molar-refractivity contribution >= 4 is 45.1 Å². The van der Waals surface area contributed by atoms with Gasteiger partial charge in [-0.1, -0.05) is 58.9 Å². The Morgan fingerprint density at radius 1 is 1.19 bits per heavy atom. The lowest BCUT2D eigenvalue weighted by Crippen LogP contribution is -2.27. The summed E-state index contributed by atoms with van der Waals surface area (Å²) in [5, 5.41) is 12.6. The number of nitrogens with zero attached hydrogens (tertiary/aromatic N) is 3. The van der Waals surface area contributed by atoms with E-state index in [1.807, 2.05) is 69.6 Å². The number of rotatable bonds is 5. The van der Waals surface area contributed by atoms with Gasteiger partial charge in [0.05, 0.1) is 4.88 Å². The molecule has 2 aromatic heterocycles. The summed E-state index contributed by atoms with van der Waals surface area (Å²) in [7, 11) is 3.68. The normalized spacial score (nSPS) is 15.5. The third kappa shape index (κ3) is 10.8. The number of benzene rings is 1. The third-order valence-corrected chi connectivity index (χ3v) is 7.80. The van der Waals surface area contributed by atoms with Crippen LogP contribution >= 0.6 is 11.3 Å². The molecule has 0 radical (unpaired) electrons. The number of aryl methyl sites for hydroxylation is 1. The zero-order valence-electron chi connectivity index (χ0n) is 26.2. The van der Waals surface area contributed by atoms with Crippen LogP contribution in [0.4, 0.5) is 5.69 Å². The van der Waals surface area contributed by atoms with Gasteiger partial charge >= 0.3 is 0 Å². The molecule has 0 saturated heterocycles. The van der Waals surface area contributed by atoms with Gasteiger partial charge in [0.15, 0.2) is 6.29 Å². The molecule has 0 spiro atoms. The van der Waals surface area contributed by atoms with Crippen molar-refractivity contribution in [3.05, 3.63) is 70.9 Å². The standard InChI is InChI=1S/C16H19NOS.C12H13N3O.C3H10N2.C2H6/c1-16(2,3)12-4-5-14-10(7-12)6-11-8-13(9-18)19-15(11)17-14;1-15-9-5-8-11(14-15)12(16)13-10-6-3-2-4-7-10;1-5-3-2-4;1-2/h6,8-9,12H,4-5,7H2,1-3H3;2-7,9H,8H2,1H3,(H,13,16);5H,2-4H2,1H3;1-2H3. The molecule has 3 heterocycles. The Bertz CT molecular complexity index is 1330. The number of para-hydroxylation sites is 1. The first kappa shape index (κ1) is 34.8. The molecule has 9 heteroatoms. The summed E-state index contributed by atoms with van der Waals surface area (Å²) >= 11 is 1.50. The first-order valence-corrected chi connectivity index (χ1v) is 15.5. The number of fused-ring (bicyclic) bond motifs is 2. The van der Waals surface area contributed by atoms with Crippen LogP contribution in [0.5, 0.6) is 0 Å². The van der Waals surface area contributed by atoms with E-state index in [-0.39, 0.29) is 5.91 Å². The molecule has 0 bridgehead atoms. The molecular weight excluding hydrogens is 544 g/mol. The number of hydrazone groups is 1. The molecule has 1 aliphatic carbocycles. The van der Waals surface area contributed by atoms with E-state index in [4.69, 9.17) is 10.7 Å². The maximum Gasteiger partial charge on any atom is 0.272 e. The average Bonchev–Trinajstić information content (AvgIpc) is 3.40. The number of nitrogens with one attached hydrogen (secondary N) is 2. The average molecular weight is 593 g/mol. The highest BCUT2D eigenvalue weighted by molar-refractivity contribution is 7.20. The van der Waals surface area contributed by atoms with E-state index >= 15 is 0 Å². The van der Waals surface area contributed by atoms with Gasteiger partial charge in [-0.2, -0.15) is 5.10 Å². The summed E-state index contributed by atoms with van der Waals surface area (Å²) in [6.07, 6.45) is 8.65. The number of pyridine rings is 1. The number of hydrogen-bond donors (Lipinski definition) is 3. The molecule has 1 atom stereocenters. The molecule has 3 aromatic rings. The Hall–Kier alpha value is -3.40. The molecule has 4 N–H and O–H groups in total. The number of amides is 1. The van der Waals surface area contributed by atoms with Crippen LogP contribution in [0.2, 0.25) is 0 Å². The highest BCUT2D eigenvalue weighted by Gasteiger charge is 2.29. The van der Waals surface area contributed by atoms with Crippen LogP contribution in [0.25, 0.3) is 10.2 Å². The van der Waals surface area contributed by atoms with Crippen molar-refractivity contribution in [3.8, 4) is 0 Å². The number of allylic oxidation sites excluding steroid dienone is 1. The minimum absolute atomic E-state index is 0.151. The number of aromatic nitrogens is 1. The summed E-state index contributed by atoms with van der Waals surface area (Å²) in [4.78, 5) is 29.2. The van der Waals surface area contributed by atoms with E-state index in [0.29, 0.717) is 17.5 Å². The van der Waals surface area contributed by atoms with Crippen molar-refractivity contribution in [1.29, 1.82) is 0 Å². The molecule has 8 nitrogen and oxygen atoms in total. The molecule has 2 aliphatic rings. The molecule has 1 unspecified atom stereocenters. The van der Waals surface area contributed by atoms with Gasteiger partial charge < -0.3 is 16.4 Å². The number of anilines is 1. The molecule has 42 heavy (non-hydrogen) atoms. The number of carbonyl (C=O) groups is 2. The van der Waals surface area contributed by atoms with Gasteiger partial charge in [-0.15, -0.1) is 11.3 Å². The van der Waals surface area contributed by atoms with E-state index in [1.54, 1.807) is 12.1 Å². The first-order chi connectivity index (χ1) is 20.1. The maximum absolute atomic E-state index is 11.8. The highest BCUT2D eigenvalue weighted by atomic mass is 32.1. The SMILES string of the molecule is CC.CC(C)(C)C1CCc2nc3sc(C=O)cc3cc2C1.CN1C=CCC(C(=O)Nc2ccccc2)=N1.CNCCN. The second kappa shape index (κ2) is 17.5. The summed E-state index contributed by atoms with van der Waals surface area (Å²) in [6.45, 7) is 12.6. The fourth-order valence-electron chi connectivity index (χ4n) is 4.53. The Balaban J connectivity index is 0.000000244. The number of likely N-dealkylation sites (N-methyl/N-ethyl adjacent to an activating group) is 1. The Morgan fingerprint density at radius 3 is 2.48 bits per heavy atom. The largest absolute Gasteiger partial charge is 0.329 e. The second-order valence-electron chi connectivity index (χ2n) is 11.0. The van der Waals surface area contributed by atoms with Crippen LogP contribution < -0.4 is 16.4 Å². The molecule has 1 amide bonds. The molecule has 5 rings (SSSR count). The summed E-state index contributed by atoms with van der Waals surface area (Å²) < 4.78 is 0. The van der Waals surface area contributed by atoms with Gasteiger partial charge in [0.2, 0.25) is 0 Å². The maximum atomic E-state index is 11.8. The molecule has 0 saturated carbocycles. The van der Waals surface area contributed by atoms with Crippen molar-refractivity contribution in [2.75, 3.05) is 32.5 Å². The topological polar surface area (TPSA) is 113 Å². The van der Waals surface area contributed by atoms with Crippen molar-refractivity contribution in [2.24, 2.45) is 22.2 Å². The molecular formula is C33H48N6O2S. The Labute approximate surface area is 255 Å². The van der Waals surface area contributed by atoms with Gasteiger partial charge in [0, 0.05) is 49.5 Å². The number of nitrogens with two attached hydrogens (primary N) is 1. The van der Waals surface area contributed by atoms with E-state index in [0.717, 1.165) is 58.9 Å². The van der Waals surface area contributed by atoms with Gasteiger partial charge in [-0.25, -0.2) is 4.98 Å². The van der Waals surface area contributed by atoms with E-state index in [2.05, 4.69) is 42.6 Å². The summed E-state index contributed by atoms with van der Waals surface area (Å²) in [5.41, 5.74) is 9.37. The zero-order valence-corrected chi connectivity index (χ0v) is 27.1. The van der Waals surface area contributed by atoms with Crippen molar-refractivity contribution in [2.45, 2.75) is 60.3 Å². The van der Waals surface area contributed by atoms with Crippen LogP contribution in [-0.2, 0) is 17.6 Å². The number of aldehydes is 1. The first-order valence-electron chi connectivity index (χ1n) is 14.7. The number of thiophene rings is 1. The number of carbonyl (C=O) groups excluding carboxylic acids is 2. The predicted octanol–water partition coefficient (Wildman–Crippen LogP) is 6.28. The van der Waals surface area contributed by atoms with Crippen LogP contribution in [0, 0.1) is 11.3 Å². The third-order valence-electron chi connectivity index (χ3n) is 6.83. The fraction of sp³-hybridized carbons (Fsp3) is 0.455. The van der Waals surface area contributed by atoms with Gasteiger partial charge in [0.25, 0.3) is 5.91 Å². The molecule has 1 aromatic carbocycles. The quantitative estimate of drug-likeness (QED) is 0.301. The lowest BCUT2D eigenvalue weighted by Gasteiger charge is -2.34. The number of hydrogen-bond acceptors (Lipinski definition) is 8. The highest BCUT2D eigenvalue weighted by Crippen LogP contribution is 2.38. The smallest absolute Gasteiger partial charge is 0.272 e. The minimum Gasteiger partial charge on any atom is -0.329 e. The van der Waals surface area contributed by atoms with Crippen LogP contribution in [0.1, 0.15) is 68.4 Å². The van der Waals surface area contributed by atoms with E-state index < -0.39 is 0 Å². The van der Waals surface area contributed by atoms with E-state index in [9.17, 15) is 9.59 Å². The van der Waals surface area contributed by atoms with Gasteiger partial charge in [-0.05, 0) is 67.5 Å². The Morgan fingerprint density at radius 2 is 1.90 bits per heavy atom. The van der Waals surface area contributed by atoms with Crippen LogP contribution in [-0.4, -0.2) is 55.1 Å². The summed E-state index contributed by atoms with van der Waals surface area (Å²) in [5.74, 6) is 0.575. The molecule has 228 valence electrons. The monoisotopic (exact) mass is 592 g/mol. The minimum atomic E-state index is -0.151. The summed E-state index contributed by atoms with van der Waals surface area (Å²) in [6, 6.07) is 13.6. The Kier molecular flexibility index (Phi) is 14.5. The lowest BCUT2D eigenvalue weighted by atomic mass is 9.71. The fourth-order valence-corrected chi connectivity index (χ4v) is 5.38. The van der Waals surface area contributed by atoms with Gasteiger partial charge in [-0.3, -0.25) is 14.6 Å². The zero-order chi connectivity index (χ0) is 31.1. The van der Waals surface area contributed by atoms with Gasteiger partial charge in [0.1, 0.15) is 10.5 Å². The lowest BCUT2D eigenvalue weighted by molar-refractivity contribution is -0.110. The molecule has 1 aliphatic heterocycles. The predicted molar refractivity (Wildman–Crippen MR) is 178 cm³/mol. The molecule has 0 fully saturated rings. The van der Waals surface area contributed by atoms with E-state index in [1.165, 1.54) is 29.0 Å². The van der Waals surface area contributed by atoms with Crippen molar-refractivity contribution < 1.29 is 9.59 Å². The van der Waals surface area contributed by atoms with Crippen molar-refractivity contribution in [3.63, 3.8) is 0 Å². The van der Waals surface area contributed by atoms with Crippen LogP contribution in [0.15, 0.2) is 59.8 Å². The second-order valence-corrected chi connectivity index (χ2v) is 12.0. The van der Waals surface area contributed by atoms with Crippen molar-refractivity contribution in [1.82, 2.24) is 15.3 Å².